The van der Waals surface area contributed by atoms with Crippen LogP contribution in [0.2, 0.25) is 0 Å². The second-order valence-corrected chi connectivity index (χ2v) is 2.87. The summed E-state index contributed by atoms with van der Waals surface area (Å²) >= 11 is 0. The maximum absolute atomic E-state index is 11.2. The van der Waals surface area contributed by atoms with Crippen LogP contribution in [0, 0.1) is 0 Å². The second kappa shape index (κ2) is 4.13. The van der Waals surface area contributed by atoms with Gasteiger partial charge in [-0.25, -0.2) is 0 Å². The summed E-state index contributed by atoms with van der Waals surface area (Å²) in [6.07, 6.45) is 1.66. The molecule has 0 atom stereocenters. The molecule has 0 fully saturated rings. The number of carbonyl (C=O) groups excluding carboxylic acids is 1. The molecule has 64 valence electrons. The van der Waals surface area contributed by atoms with Gasteiger partial charge in [0.2, 0.25) is 5.91 Å². The van der Waals surface area contributed by atoms with Gasteiger partial charge in [0.1, 0.15) is 0 Å². The Bertz CT molecular complexity index is 152. The first kappa shape index (κ1) is 10.2. The molecule has 2 N–H and O–H groups in total. The normalized spacial score (nSPS) is 10.8. The van der Waals surface area contributed by atoms with E-state index in [1.54, 1.807) is 13.1 Å². The molecule has 3 nitrogen and oxygen atoms in total. The Labute approximate surface area is 67.9 Å². The Balaban J connectivity index is 3.91. The zero-order chi connectivity index (χ0) is 8.91. The average Bonchev–Trinajstić information content (AvgIpc) is 2.00. The standard InChI is InChI=1S/C8H16N2O/c1-5-6-10-7(11)8(2,3)9-4/h5,9H,1,6H2,2-4H3,(H,10,11). The summed E-state index contributed by atoms with van der Waals surface area (Å²) in [5.74, 6) is -0.0140. The van der Waals surface area contributed by atoms with Crippen LogP contribution in [0.1, 0.15) is 13.8 Å². The van der Waals surface area contributed by atoms with Gasteiger partial charge in [-0.05, 0) is 20.9 Å². The molecule has 0 saturated carbocycles. The van der Waals surface area contributed by atoms with Gasteiger partial charge in [-0.3, -0.25) is 4.79 Å². The molecule has 0 radical (unpaired) electrons. The molecule has 0 bridgehead atoms. The maximum atomic E-state index is 11.2. The predicted octanol–water partition coefficient (Wildman–Crippen LogP) is 0.287. The van der Waals surface area contributed by atoms with Crippen molar-refractivity contribution in [2.45, 2.75) is 19.4 Å². The van der Waals surface area contributed by atoms with Crippen LogP contribution in [0.25, 0.3) is 0 Å². The molecule has 0 spiro atoms. The topological polar surface area (TPSA) is 41.1 Å². The number of likely N-dealkylation sites (N-methyl/N-ethyl adjacent to an activating group) is 1. The van der Waals surface area contributed by atoms with Crippen LogP contribution >= 0.6 is 0 Å². The number of amides is 1. The molecular weight excluding hydrogens is 140 g/mol. The summed E-state index contributed by atoms with van der Waals surface area (Å²) in [5.41, 5.74) is -0.497. The zero-order valence-corrected chi connectivity index (χ0v) is 7.40. The van der Waals surface area contributed by atoms with Gasteiger partial charge in [-0.1, -0.05) is 6.08 Å². The van der Waals surface area contributed by atoms with E-state index in [1.807, 2.05) is 13.8 Å². The third-order valence-electron chi connectivity index (χ3n) is 1.60. The number of nitrogens with one attached hydrogen (secondary N) is 2. The quantitative estimate of drug-likeness (QED) is 0.574. The summed E-state index contributed by atoms with van der Waals surface area (Å²) < 4.78 is 0. The van der Waals surface area contributed by atoms with Gasteiger partial charge < -0.3 is 10.6 Å². The van der Waals surface area contributed by atoms with Crippen molar-refractivity contribution in [2.75, 3.05) is 13.6 Å². The molecule has 3 heteroatoms. The van der Waals surface area contributed by atoms with E-state index in [-0.39, 0.29) is 5.91 Å². The molecule has 0 aliphatic carbocycles. The van der Waals surface area contributed by atoms with Crippen LogP contribution in [0.4, 0.5) is 0 Å². The molecule has 0 rings (SSSR count). The summed E-state index contributed by atoms with van der Waals surface area (Å²) in [7, 11) is 1.76. The van der Waals surface area contributed by atoms with Crippen LogP contribution in [0.5, 0.6) is 0 Å². The Kier molecular flexibility index (Phi) is 3.82. The fraction of sp³-hybridized carbons (Fsp3) is 0.625. The molecule has 0 saturated heterocycles. The molecule has 0 aromatic heterocycles. The highest BCUT2D eigenvalue weighted by molar-refractivity contribution is 5.85. The summed E-state index contributed by atoms with van der Waals surface area (Å²) in [4.78, 5) is 11.2. The lowest BCUT2D eigenvalue weighted by Gasteiger charge is -2.22. The summed E-state index contributed by atoms with van der Waals surface area (Å²) in [6, 6.07) is 0. The van der Waals surface area contributed by atoms with Crippen molar-refractivity contribution < 1.29 is 4.79 Å². The van der Waals surface area contributed by atoms with Crippen molar-refractivity contribution in [1.82, 2.24) is 10.6 Å². The van der Waals surface area contributed by atoms with E-state index in [1.165, 1.54) is 0 Å². The third kappa shape index (κ3) is 3.18. The Morgan fingerprint density at radius 1 is 1.64 bits per heavy atom. The molecule has 11 heavy (non-hydrogen) atoms. The number of rotatable bonds is 4. The first-order valence-corrected chi connectivity index (χ1v) is 3.62. The van der Waals surface area contributed by atoms with Gasteiger partial charge in [-0.2, -0.15) is 0 Å². The smallest absolute Gasteiger partial charge is 0.239 e. The van der Waals surface area contributed by atoms with Crippen molar-refractivity contribution in [3.05, 3.63) is 12.7 Å². The highest BCUT2D eigenvalue weighted by Crippen LogP contribution is 1.99. The minimum absolute atomic E-state index is 0.0140. The van der Waals surface area contributed by atoms with Crippen LogP contribution in [-0.2, 0) is 4.79 Å². The predicted molar refractivity (Wildman–Crippen MR) is 46.3 cm³/mol. The largest absolute Gasteiger partial charge is 0.351 e. The van der Waals surface area contributed by atoms with Crippen molar-refractivity contribution >= 4 is 5.91 Å². The Morgan fingerprint density at radius 2 is 2.18 bits per heavy atom. The van der Waals surface area contributed by atoms with E-state index < -0.39 is 5.54 Å². The minimum Gasteiger partial charge on any atom is -0.351 e. The van der Waals surface area contributed by atoms with Crippen LogP contribution < -0.4 is 10.6 Å². The van der Waals surface area contributed by atoms with Gasteiger partial charge in [0, 0.05) is 6.54 Å². The molecule has 0 aliphatic rings. The Morgan fingerprint density at radius 3 is 2.55 bits per heavy atom. The molecule has 0 aromatic rings. The summed E-state index contributed by atoms with van der Waals surface area (Å²) in [6.45, 7) is 7.67. The monoisotopic (exact) mass is 156 g/mol. The lowest BCUT2D eigenvalue weighted by atomic mass is 10.1. The Hall–Kier alpha value is -0.830. The van der Waals surface area contributed by atoms with Crippen molar-refractivity contribution in [2.24, 2.45) is 0 Å². The lowest BCUT2D eigenvalue weighted by molar-refractivity contribution is -0.126. The minimum atomic E-state index is -0.497. The molecular formula is C8H16N2O. The summed E-state index contributed by atoms with van der Waals surface area (Å²) in [5, 5.41) is 5.61. The molecule has 0 aliphatic heterocycles. The van der Waals surface area contributed by atoms with E-state index in [2.05, 4.69) is 17.2 Å². The highest BCUT2D eigenvalue weighted by atomic mass is 16.2. The first-order chi connectivity index (χ1) is 5.04. The average molecular weight is 156 g/mol. The van der Waals surface area contributed by atoms with E-state index in [4.69, 9.17) is 0 Å². The van der Waals surface area contributed by atoms with E-state index in [0.717, 1.165) is 0 Å². The van der Waals surface area contributed by atoms with Gasteiger partial charge in [0.05, 0.1) is 5.54 Å². The highest BCUT2D eigenvalue weighted by Gasteiger charge is 2.23. The van der Waals surface area contributed by atoms with Crippen LogP contribution in [-0.4, -0.2) is 25.0 Å². The molecule has 0 aromatic carbocycles. The maximum Gasteiger partial charge on any atom is 0.239 e. The van der Waals surface area contributed by atoms with Crippen molar-refractivity contribution in [3.8, 4) is 0 Å². The lowest BCUT2D eigenvalue weighted by Crippen LogP contribution is -2.51. The number of carbonyl (C=O) groups is 1. The van der Waals surface area contributed by atoms with Crippen LogP contribution in [0.3, 0.4) is 0 Å². The number of hydrogen-bond donors (Lipinski definition) is 2. The van der Waals surface area contributed by atoms with Crippen LogP contribution in [0.15, 0.2) is 12.7 Å². The SMILES string of the molecule is C=CCNC(=O)C(C)(C)NC. The molecule has 0 unspecified atom stereocenters. The third-order valence-corrected chi connectivity index (χ3v) is 1.60. The fourth-order valence-corrected chi connectivity index (χ4v) is 0.499. The molecule has 0 heterocycles. The van der Waals surface area contributed by atoms with Crippen molar-refractivity contribution in [3.63, 3.8) is 0 Å². The van der Waals surface area contributed by atoms with E-state index >= 15 is 0 Å². The van der Waals surface area contributed by atoms with Crippen molar-refractivity contribution in [1.29, 1.82) is 0 Å². The van der Waals surface area contributed by atoms with Gasteiger partial charge in [-0.15, -0.1) is 6.58 Å². The van der Waals surface area contributed by atoms with Gasteiger partial charge in [0.15, 0.2) is 0 Å². The molecule has 1 amide bonds. The fourth-order valence-electron chi connectivity index (χ4n) is 0.499. The van der Waals surface area contributed by atoms with Gasteiger partial charge >= 0.3 is 0 Å². The van der Waals surface area contributed by atoms with E-state index in [0.29, 0.717) is 6.54 Å². The van der Waals surface area contributed by atoms with Gasteiger partial charge in [0.25, 0.3) is 0 Å². The first-order valence-electron chi connectivity index (χ1n) is 3.62. The second-order valence-electron chi connectivity index (χ2n) is 2.87. The zero-order valence-electron chi connectivity index (χ0n) is 7.40. The van der Waals surface area contributed by atoms with E-state index in [9.17, 15) is 4.79 Å². The number of hydrogen-bond acceptors (Lipinski definition) is 2.